The summed E-state index contributed by atoms with van der Waals surface area (Å²) in [5.41, 5.74) is 1.33. The summed E-state index contributed by atoms with van der Waals surface area (Å²) >= 11 is 0. The molecule has 0 radical (unpaired) electrons. The smallest absolute Gasteiger partial charge is 0.206 e. The van der Waals surface area contributed by atoms with Crippen molar-refractivity contribution in [2.75, 3.05) is 0 Å². The van der Waals surface area contributed by atoms with Crippen molar-refractivity contribution < 1.29 is 13.2 Å². The summed E-state index contributed by atoms with van der Waals surface area (Å²) in [4.78, 5) is 11.8. The largest absolute Gasteiger partial charge is 0.486 e. The SMILES string of the molecule is O=S(=O)(c1ccncc1)c1ccc2[nH]c(COc3ccccc3)nc2c1. The molecule has 0 saturated carbocycles. The number of ether oxygens (including phenoxy) is 1. The summed E-state index contributed by atoms with van der Waals surface area (Å²) in [6.07, 6.45) is 2.91. The average Bonchev–Trinajstić information content (AvgIpc) is 3.10. The number of fused-ring (bicyclic) bond motifs is 1. The molecular formula is C19H15N3O3S. The molecule has 0 unspecified atom stereocenters. The number of H-pyrrole nitrogens is 1. The number of pyridine rings is 1. The molecule has 0 saturated heterocycles. The average molecular weight is 365 g/mol. The number of hydrogen-bond donors (Lipinski definition) is 1. The maximum absolute atomic E-state index is 12.7. The number of benzene rings is 2. The van der Waals surface area contributed by atoms with Crippen LogP contribution in [0, 0.1) is 0 Å². The highest BCUT2D eigenvalue weighted by Gasteiger charge is 2.18. The molecule has 7 heteroatoms. The second kappa shape index (κ2) is 6.61. The summed E-state index contributed by atoms with van der Waals surface area (Å²) in [5, 5.41) is 0. The fraction of sp³-hybridized carbons (Fsp3) is 0.0526. The molecule has 4 aromatic rings. The van der Waals surface area contributed by atoms with Crippen molar-refractivity contribution in [1.82, 2.24) is 15.0 Å². The van der Waals surface area contributed by atoms with Crippen LogP contribution in [0.25, 0.3) is 11.0 Å². The Balaban J connectivity index is 1.62. The molecule has 0 aliphatic rings. The third-order valence-corrected chi connectivity index (χ3v) is 5.66. The topological polar surface area (TPSA) is 84.9 Å². The van der Waals surface area contributed by atoms with Gasteiger partial charge in [0.15, 0.2) is 0 Å². The van der Waals surface area contributed by atoms with Crippen molar-refractivity contribution >= 4 is 20.9 Å². The standard InChI is InChI=1S/C19H15N3O3S/c23-26(24,15-8-10-20-11-9-15)16-6-7-17-18(12-16)22-19(21-17)13-25-14-4-2-1-3-5-14/h1-12H,13H2,(H,21,22). The highest BCUT2D eigenvalue weighted by molar-refractivity contribution is 7.91. The number of hydrogen-bond acceptors (Lipinski definition) is 5. The van der Waals surface area contributed by atoms with E-state index in [2.05, 4.69) is 15.0 Å². The number of para-hydroxylation sites is 1. The molecular weight excluding hydrogens is 350 g/mol. The molecule has 0 bridgehead atoms. The van der Waals surface area contributed by atoms with Gasteiger partial charge in [-0.3, -0.25) is 4.98 Å². The lowest BCUT2D eigenvalue weighted by atomic mass is 10.3. The van der Waals surface area contributed by atoms with E-state index >= 15 is 0 Å². The fourth-order valence-electron chi connectivity index (χ4n) is 2.60. The van der Waals surface area contributed by atoms with Gasteiger partial charge in [0.1, 0.15) is 18.2 Å². The number of nitrogens with one attached hydrogen (secondary N) is 1. The first-order valence-corrected chi connectivity index (χ1v) is 9.43. The van der Waals surface area contributed by atoms with Crippen LogP contribution in [0.5, 0.6) is 5.75 Å². The maximum Gasteiger partial charge on any atom is 0.206 e. The van der Waals surface area contributed by atoms with Gasteiger partial charge in [0.2, 0.25) is 9.84 Å². The molecule has 6 nitrogen and oxygen atoms in total. The summed E-state index contributed by atoms with van der Waals surface area (Å²) < 4.78 is 31.1. The van der Waals surface area contributed by atoms with Crippen molar-refractivity contribution in [1.29, 1.82) is 0 Å². The van der Waals surface area contributed by atoms with Gasteiger partial charge in [-0.25, -0.2) is 13.4 Å². The summed E-state index contributed by atoms with van der Waals surface area (Å²) in [5.74, 6) is 1.37. The highest BCUT2D eigenvalue weighted by Crippen LogP contribution is 2.23. The number of imidazole rings is 1. The van der Waals surface area contributed by atoms with Crippen molar-refractivity contribution in [3.05, 3.63) is 78.9 Å². The first-order chi connectivity index (χ1) is 12.6. The zero-order valence-electron chi connectivity index (χ0n) is 13.7. The van der Waals surface area contributed by atoms with E-state index in [4.69, 9.17) is 4.74 Å². The Bertz CT molecular complexity index is 1140. The van der Waals surface area contributed by atoms with Gasteiger partial charge in [-0.15, -0.1) is 0 Å². The number of nitrogens with zero attached hydrogens (tertiary/aromatic N) is 2. The minimum Gasteiger partial charge on any atom is -0.486 e. The normalized spacial score (nSPS) is 11.5. The Morgan fingerprint density at radius 2 is 1.69 bits per heavy atom. The molecule has 2 heterocycles. The molecule has 0 atom stereocenters. The third kappa shape index (κ3) is 3.16. The van der Waals surface area contributed by atoms with E-state index in [0.717, 1.165) is 11.3 Å². The molecule has 4 rings (SSSR count). The van der Waals surface area contributed by atoms with Crippen molar-refractivity contribution in [2.45, 2.75) is 16.4 Å². The van der Waals surface area contributed by atoms with E-state index < -0.39 is 9.84 Å². The van der Waals surface area contributed by atoms with Gasteiger partial charge in [0.25, 0.3) is 0 Å². The first kappa shape index (κ1) is 16.3. The monoisotopic (exact) mass is 365 g/mol. The summed E-state index contributed by atoms with van der Waals surface area (Å²) in [6, 6.07) is 17.2. The molecule has 130 valence electrons. The Kier molecular flexibility index (Phi) is 4.14. The molecule has 0 amide bonds. The molecule has 0 aliphatic heterocycles. The number of rotatable bonds is 5. The minimum atomic E-state index is -3.60. The lowest BCUT2D eigenvalue weighted by Crippen LogP contribution is -2.01. The zero-order valence-corrected chi connectivity index (χ0v) is 14.5. The minimum absolute atomic E-state index is 0.193. The lowest BCUT2D eigenvalue weighted by Gasteiger charge is -2.03. The highest BCUT2D eigenvalue weighted by atomic mass is 32.2. The van der Waals surface area contributed by atoms with Crippen LogP contribution in [-0.2, 0) is 16.4 Å². The van der Waals surface area contributed by atoms with Crippen LogP contribution in [0.4, 0.5) is 0 Å². The summed E-state index contributed by atoms with van der Waals surface area (Å²) in [6.45, 7) is 0.269. The van der Waals surface area contributed by atoms with Crippen LogP contribution >= 0.6 is 0 Å². The number of aromatic nitrogens is 3. The van der Waals surface area contributed by atoms with E-state index in [1.54, 1.807) is 18.2 Å². The third-order valence-electron chi connectivity index (χ3n) is 3.89. The maximum atomic E-state index is 12.7. The Hall–Kier alpha value is -3.19. The number of aromatic amines is 1. The van der Waals surface area contributed by atoms with Crippen LogP contribution in [0.1, 0.15) is 5.82 Å². The molecule has 26 heavy (non-hydrogen) atoms. The Labute approximate surface area is 150 Å². The lowest BCUT2D eigenvalue weighted by molar-refractivity contribution is 0.297. The van der Waals surface area contributed by atoms with Crippen molar-refractivity contribution in [2.24, 2.45) is 0 Å². The van der Waals surface area contributed by atoms with Crippen LogP contribution in [0.2, 0.25) is 0 Å². The van der Waals surface area contributed by atoms with E-state index in [0.29, 0.717) is 11.3 Å². The van der Waals surface area contributed by atoms with Crippen LogP contribution in [0.3, 0.4) is 0 Å². The molecule has 2 aromatic carbocycles. The second-order valence-corrected chi connectivity index (χ2v) is 7.60. The van der Waals surface area contributed by atoms with Gasteiger partial charge in [0, 0.05) is 12.4 Å². The predicted molar refractivity (Wildman–Crippen MR) is 96.6 cm³/mol. The Morgan fingerprint density at radius 3 is 2.46 bits per heavy atom. The molecule has 1 N–H and O–H groups in total. The van der Waals surface area contributed by atoms with Gasteiger partial charge in [-0.1, -0.05) is 18.2 Å². The Morgan fingerprint density at radius 1 is 0.923 bits per heavy atom. The van der Waals surface area contributed by atoms with E-state index in [-0.39, 0.29) is 16.4 Å². The second-order valence-electron chi connectivity index (χ2n) is 5.65. The zero-order chi connectivity index (χ0) is 18.0. The predicted octanol–water partition coefficient (Wildman–Crippen LogP) is 3.37. The number of sulfone groups is 1. The first-order valence-electron chi connectivity index (χ1n) is 7.94. The van der Waals surface area contributed by atoms with Gasteiger partial charge >= 0.3 is 0 Å². The molecule has 2 aromatic heterocycles. The quantitative estimate of drug-likeness (QED) is 0.586. The van der Waals surface area contributed by atoms with E-state index in [1.807, 2.05) is 30.3 Å². The van der Waals surface area contributed by atoms with Crippen LogP contribution in [-0.4, -0.2) is 23.4 Å². The van der Waals surface area contributed by atoms with Crippen LogP contribution < -0.4 is 4.74 Å². The van der Waals surface area contributed by atoms with Crippen LogP contribution in [0.15, 0.2) is 82.8 Å². The van der Waals surface area contributed by atoms with Gasteiger partial charge in [0.05, 0.1) is 20.8 Å². The van der Waals surface area contributed by atoms with E-state index in [1.165, 1.54) is 24.5 Å². The van der Waals surface area contributed by atoms with Gasteiger partial charge in [-0.05, 0) is 42.5 Å². The molecule has 0 fully saturated rings. The van der Waals surface area contributed by atoms with Gasteiger partial charge < -0.3 is 9.72 Å². The fourth-order valence-corrected chi connectivity index (χ4v) is 3.86. The van der Waals surface area contributed by atoms with Crippen molar-refractivity contribution in [3.63, 3.8) is 0 Å². The van der Waals surface area contributed by atoms with Crippen molar-refractivity contribution in [3.8, 4) is 5.75 Å². The molecule has 0 spiro atoms. The van der Waals surface area contributed by atoms with Gasteiger partial charge in [-0.2, -0.15) is 0 Å². The van der Waals surface area contributed by atoms with E-state index in [9.17, 15) is 8.42 Å². The molecule has 0 aliphatic carbocycles. The summed E-state index contributed by atoms with van der Waals surface area (Å²) in [7, 11) is -3.60.